The number of aliphatic hydroxyl groups is 2. The van der Waals surface area contributed by atoms with E-state index >= 15 is 0 Å². The van der Waals surface area contributed by atoms with Gasteiger partial charge in [0.2, 0.25) is 29.5 Å². The van der Waals surface area contributed by atoms with Gasteiger partial charge in [0.25, 0.3) is 0 Å². The molecule has 5 amide bonds. The first-order valence-corrected chi connectivity index (χ1v) is 14.4. The van der Waals surface area contributed by atoms with E-state index in [1.807, 2.05) is 0 Å². The zero-order valence-electron chi connectivity index (χ0n) is 23.2. The monoisotopic (exact) mass is 590 g/mol. The Hall–Kier alpha value is -2.95. The van der Waals surface area contributed by atoms with Gasteiger partial charge in [0, 0.05) is 0 Å². The molecule has 0 saturated carbocycles. The third-order valence-electron chi connectivity index (χ3n) is 6.16. The average Bonchev–Trinajstić information content (AvgIpc) is 3.44. The minimum absolute atomic E-state index is 0.148. The molecule has 15 nitrogen and oxygen atoms in total. The van der Waals surface area contributed by atoms with E-state index in [4.69, 9.17) is 5.11 Å². The van der Waals surface area contributed by atoms with Gasteiger partial charge in [-0.15, -0.1) is 0 Å². The number of rotatable bonds is 17. The molecule has 0 spiro atoms. The molecule has 1 saturated heterocycles. The van der Waals surface area contributed by atoms with E-state index in [-0.39, 0.29) is 18.2 Å². The third-order valence-corrected chi connectivity index (χ3v) is 6.80. The van der Waals surface area contributed by atoms with Crippen LogP contribution >= 0.6 is 11.8 Å². The summed E-state index contributed by atoms with van der Waals surface area (Å²) in [5, 5.41) is 43.7. The number of thioether (sulfide) groups is 1. The normalized spacial score (nSPS) is 18.5. The molecule has 0 aliphatic carbocycles. The molecule has 0 aromatic heterocycles. The summed E-state index contributed by atoms with van der Waals surface area (Å²) in [7, 11) is 0. The number of nitrogens with one attached hydrogen (secondary N) is 6. The summed E-state index contributed by atoms with van der Waals surface area (Å²) in [5.74, 6) is -4.93. The van der Waals surface area contributed by atoms with Crippen molar-refractivity contribution in [2.24, 2.45) is 5.92 Å². The SMILES string of the molecule is CSCC[C@H](NC(=O)[C@H](CO)NC(=O)[C@@H](NC(=O)[C@@H](NC(=O)[C@@H]1CCCN1)C(C)C)[C@@H](C)O)C(=O)NCC(=O)O. The first-order valence-electron chi connectivity index (χ1n) is 13.0. The highest BCUT2D eigenvalue weighted by Gasteiger charge is 2.35. The Morgan fingerprint density at radius 1 is 0.900 bits per heavy atom. The minimum atomic E-state index is -1.55. The van der Waals surface area contributed by atoms with Crippen molar-refractivity contribution >= 4 is 47.3 Å². The van der Waals surface area contributed by atoms with Gasteiger partial charge < -0.3 is 47.2 Å². The Kier molecular flexibility index (Phi) is 15.5. The van der Waals surface area contributed by atoms with Crippen LogP contribution in [0.15, 0.2) is 0 Å². The number of carboxylic acid groups (broad SMARTS) is 1. The first kappa shape index (κ1) is 35.1. The van der Waals surface area contributed by atoms with E-state index in [0.717, 1.165) is 6.42 Å². The van der Waals surface area contributed by atoms with Crippen molar-refractivity contribution in [1.82, 2.24) is 31.9 Å². The molecule has 1 fully saturated rings. The van der Waals surface area contributed by atoms with Crippen molar-refractivity contribution in [3.05, 3.63) is 0 Å². The predicted molar refractivity (Wildman–Crippen MR) is 146 cm³/mol. The lowest BCUT2D eigenvalue weighted by molar-refractivity contribution is -0.139. The molecule has 1 aliphatic rings. The van der Waals surface area contributed by atoms with Crippen molar-refractivity contribution in [2.45, 2.75) is 76.3 Å². The predicted octanol–water partition coefficient (Wildman–Crippen LogP) is -3.34. The van der Waals surface area contributed by atoms with E-state index in [0.29, 0.717) is 18.7 Å². The number of carbonyl (C=O) groups excluding carboxylic acids is 5. The maximum atomic E-state index is 13.0. The Bertz CT molecular complexity index is 898. The average molecular weight is 591 g/mol. The molecule has 1 heterocycles. The summed E-state index contributed by atoms with van der Waals surface area (Å²) in [6.07, 6.45) is 1.96. The van der Waals surface area contributed by atoms with Crippen LogP contribution in [0.1, 0.15) is 40.0 Å². The molecule has 0 unspecified atom stereocenters. The number of hydrogen-bond acceptors (Lipinski definition) is 10. The summed E-state index contributed by atoms with van der Waals surface area (Å²) < 4.78 is 0. The van der Waals surface area contributed by atoms with Crippen LogP contribution in [0, 0.1) is 5.92 Å². The highest BCUT2D eigenvalue weighted by Crippen LogP contribution is 2.09. The van der Waals surface area contributed by atoms with Crippen LogP contribution in [0.2, 0.25) is 0 Å². The lowest BCUT2D eigenvalue weighted by Crippen LogP contribution is -2.62. The number of aliphatic hydroxyl groups excluding tert-OH is 2. The Morgan fingerprint density at radius 2 is 1.52 bits per heavy atom. The van der Waals surface area contributed by atoms with Gasteiger partial charge in [0.15, 0.2) is 0 Å². The Labute approximate surface area is 237 Å². The van der Waals surface area contributed by atoms with Crippen LogP contribution in [0.5, 0.6) is 0 Å². The van der Waals surface area contributed by atoms with Gasteiger partial charge in [0.1, 0.15) is 30.7 Å². The van der Waals surface area contributed by atoms with Crippen molar-refractivity contribution < 1.29 is 44.1 Å². The van der Waals surface area contributed by atoms with Crippen LogP contribution < -0.4 is 31.9 Å². The van der Waals surface area contributed by atoms with E-state index in [9.17, 15) is 39.0 Å². The molecular formula is C24H42N6O9S. The fourth-order valence-electron chi connectivity index (χ4n) is 3.86. The number of carboxylic acids is 1. The lowest BCUT2D eigenvalue weighted by atomic mass is 10.0. The quantitative estimate of drug-likeness (QED) is 0.0812. The smallest absolute Gasteiger partial charge is 0.322 e. The molecule has 0 bridgehead atoms. The summed E-state index contributed by atoms with van der Waals surface area (Å²) in [6, 6.07) is -5.67. The molecule has 6 atom stereocenters. The Balaban J connectivity index is 2.90. The zero-order valence-corrected chi connectivity index (χ0v) is 24.0. The van der Waals surface area contributed by atoms with Crippen LogP contribution in [0.4, 0.5) is 0 Å². The topological polar surface area (TPSA) is 235 Å². The standard InChI is InChI=1S/C24H42N6O9S/c1-12(2)18(29-21(36)14-6-5-8-25-14)23(38)30-19(13(3)32)24(39)28-16(11-31)22(37)27-15(7-9-40-4)20(35)26-10-17(33)34/h12-16,18-19,25,31-32H,5-11H2,1-4H3,(H,26,35)(H,27,37)(H,28,39)(H,29,36)(H,30,38)(H,33,34)/t13-,14+,15+,16+,18+,19+/m1/s1. The maximum absolute atomic E-state index is 13.0. The summed E-state index contributed by atoms with van der Waals surface area (Å²) >= 11 is 1.39. The van der Waals surface area contributed by atoms with Crippen LogP contribution in [-0.2, 0) is 28.8 Å². The van der Waals surface area contributed by atoms with Crippen LogP contribution in [0.3, 0.4) is 0 Å². The molecule has 40 heavy (non-hydrogen) atoms. The lowest BCUT2D eigenvalue weighted by Gasteiger charge is -2.28. The van der Waals surface area contributed by atoms with E-state index in [1.54, 1.807) is 20.1 Å². The fourth-order valence-corrected chi connectivity index (χ4v) is 4.34. The van der Waals surface area contributed by atoms with Gasteiger partial charge >= 0.3 is 5.97 Å². The van der Waals surface area contributed by atoms with E-state index in [2.05, 4.69) is 31.9 Å². The molecule has 228 valence electrons. The number of hydrogen-bond donors (Lipinski definition) is 9. The van der Waals surface area contributed by atoms with Gasteiger partial charge in [-0.25, -0.2) is 0 Å². The molecule has 16 heteroatoms. The molecule has 9 N–H and O–H groups in total. The molecule has 0 aromatic rings. The van der Waals surface area contributed by atoms with Crippen molar-refractivity contribution in [3.63, 3.8) is 0 Å². The summed E-state index contributed by atoms with van der Waals surface area (Å²) in [5.41, 5.74) is 0. The highest BCUT2D eigenvalue weighted by atomic mass is 32.2. The van der Waals surface area contributed by atoms with Crippen molar-refractivity contribution in [1.29, 1.82) is 0 Å². The Morgan fingerprint density at radius 3 is 2.02 bits per heavy atom. The second kappa shape index (κ2) is 17.7. The number of amides is 5. The van der Waals surface area contributed by atoms with Gasteiger partial charge in [-0.3, -0.25) is 28.8 Å². The van der Waals surface area contributed by atoms with Crippen molar-refractivity contribution in [3.8, 4) is 0 Å². The number of aliphatic carboxylic acids is 1. The van der Waals surface area contributed by atoms with Crippen LogP contribution in [0.25, 0.3) is 0 Å². The second-order valence-corrected chi connectivity index (χ2v) is 10.8. The van der Waals surface area contributed by atoms with Gasteiger partial charge in [0.05, 0.1) is 18.8 Å². The first-order chi connectivity index (χ1) is 18.8. The van der Waals surface area contributed by atoms with Gasteiger partial charge in [-0.05, 0) is 50.7 Å². The third kappa shape index (κ3) is 11.7. The van der Waals surface area contributed by atoms with E-state index in [1.165, 1.54) is 18.7 Å². The largest absolute Gasteiger partial charge is 0.480 e. The molecule has 0 radical (unpaired) electrons. The summed E-state index contributed by atoms with van der Waals surface area (Å²) in [6.45, 7) is 3.81. The molecular weight excluding hydrogens is 548 g/mol. The van der Waals surface area contributed by atoms with Gasteiger partial charge in [-0.1, -0.05) is 13.8 Å². The highest BCUT2D eigenvalue weighted by molar-refractivity contribution is 7.98. The zero-order chi connectivity index (χ0) is 30.4. The molecule has 0 aromatic carbocycles. The van der Waals surface area contributed by atoms with Crippen LogP contribution in [-0.4, -0.2) is 119 Å². The van der Waals surface area contributed by atoms with Crippen molar-refractivity contribution in [2.75, 3.05) is 31.7 Å². The van der Waals surface area contributed by atoms with E-state index < -0.39 is 79.1 Å². The molecule has 1 aliphatic heterocycles. The minimum Gasteiger partial charge on any atom is -0.480 e. The maximum Gasteiger partial charge on any atom is 0.322 e. The fraction of sp³-hybridized carbons (Fsp3) is 0.750. The molecule has 1 rings (SSSR count). The van der Waals surface area contributed by atoms with Gasteiger partial charge in [-0.2, -0.15) is 11.8 Å². The summed E-state index contributed by atoms with van der Waals surface area (Å²) in [4.78, 5) is 74.4. The number of carbonyl (C=O) groups is 6. The second-order valence-electron chi connectivity index (χ2n) is 9.80.